The van der Waals surface area contributed by atoms with Crippen molar-refractivity contribution in [2.45, 2.75) is 13.5 Å². The van der Waals surface area contributed by atoms with E-state index in [0.29, 0.717) is 34.1 Å². The van der Waals surface area contributed by atoms with Crippen LogP contribution >= 0.6 is 0 Å². The van der Waals surface area contributed by atoms with Crippen molar-refractivity contribution in [2.24, 2.45) is 0 Å². The number of rotatable bonds is 5. The van der Waals surface area contributed by atoms with Gasteiger partial charge in [0, 0.05) is 54.4 Å². The second-order valence-corrected chi connectivity index (χ2v) is 7.45. The molecule has 2 aromatic carbocycles. The Morgan fingerprint density at radius 3 is 2.67 bits per heavy atom. The highest BCUT2D eigenvalue weighted by molar-refractivity contribution is 6.09. The number of anilines is 1. The van der Waals surface area contributed by atoms with Crippen LogP contribution in [0.1, 0.15) is 15.9 Å². The molecule has 0 spiro atoms. The Morgan fingerprint density at radius 1 is 1.10 bits per heavy atom. The Kier molecular flexibility index (Phi) is 5.92. The fourth-order valence-electron chi connectivity index (χ4n) is 3.66. The number of carbonyl (C=O) groups excluding carboxylic acids is 1. The molecule has 6 nitrogen and oxygen atoms in total. The Hall–Kier alpha value is -3.03. The Balaban J connectivity index is 1.56. The first kappa shape index (κ1) is 20.3. The number of amides is 1. The maximum atomic E-state index is 13.5. The topological polar surface area (TPSA) is 63.6 Å². The molecule has 0 unspecified atom stereocenters. The van der Waals surface area contributed by atoms with Gasteiger partial charge in [-0.05, 0) is 48.9 Å². The van der Waals surface area contributed by atoms with Crippen LogP contribution in [0.2, 0.25) is 0 Å². The van der Waals surface area contributed by atoms with E-state index in [1.165, 1.54) is 18.2 Å². The molecule has 1 fully saturated rings. The minimum absolute atomic E-state index is 0.0884. The van der Waals surface area contributed by atoms with Gasteiger partial charge in [-0.1, -0.05) is 6.07 Å². The lowest BCUT2D eigenvalue weighted by Crippen LogP contribution is -2.39. The average molecular weight is 409 g/mol. The van der Waals surface area contributed by atoms with Crippen molar-refractivity contribution in [3.8, 4) is 0 Å². The summed E-state index contributed by atoms with van der Waals surface area (Å²) in [5.74, 6) is -0.698. The number of pyridine rings is 1. The minimum Gasteiger partial charge on any atom is -0.379 e. The van der Waals surface area contributed by atoms with Gasteiger partial charge in [-0.2, -0.15) is 0 Å². The van der Waals surface area contributed by atoms with Gasteiger partial charge in [0.15, 0.2) is 0 Å². The van der Waals surface area contributed by atoms with Gasteiger partial charge in [-0.25, -0.2) is 4.39 Å². The number of benzene rings is 2. The summed E-state index contributed by atoms with van der Waals surface area (Å²) in [5, 5.41) is 4.07. The second kappa shape index (κ2) is 8.77. The largest absolute Gasteiger partial charge is 0.379 e. The lowest BCUT2D eigenvalue weighted by Gasteiger charge is -2.26. The van der Waals surface area contributed by atoms with Crippen molar-refractivity contribution in [3.63, 3.8) is 0 Å². The van der Waals surface area contributed by atoms with Gasteiger partial charge in [0.25, 0.3) is 11.5 Å². The molecule has 1 amide bonds. The lowest BCUT2D eigenvalue weighted by atomic mass is 10.1. The monoisotopic (exact) mass is 409 g/mol. The summed E-state index contributed by atoms with van der Waals surface area (Å²) in [7, 11) is 0. The van der Waals surface area contributed by atoms with Gasteiger partial charge in [0.2, 0.25) is 0 Å². The summed E-state index contributed by atoms with van der Waals surface area (Å²) in [6.45, 7) is 6.20. The summed E-state index contributed by atoms with van der Waals surface area (Å²) in [5.41, 5.74) is 1.24. The Bertz CT molecular complexity index is 1140. The van der Waals surface area contributed by atoms with Gasteiger partial charge in [0.05, 0.1) is 13.2 Å². The van der Waals surface area contributed by atoms with Gasteiger partial charge in [-0.15, -0.1) is 0 Å². The molecule has 0 saturated carbocycles. The van der Waals surface area contributed by atoms with E-state index in [9.17, 15) is 14.0 Å². The van der Waals surface area contributed by atoms with Gasteiger partial charge in [-0.3, -0.25) is 14.5 Å². The molecule has 0 aliphatic carbocycles. The number of hydrogen-bond donors (Lipinski definition) is 1. The SMILES string of the molecule is Cc1cc(C(=O)Nc2cccc3c(=O)n(CCN4CCOCC4)ccc23)ccc1F. The molecular weight excluding hydrogens is 385 g/mol. The average Bonchev–Trinajstić information content (AvgIpc) is 2.76. The highest BCUT2D eigenvalue weighted by atomic mass is 19.1. The van der Waals surface area contributed by atoms with E-state index in [1.807, 2.05) is 6.07 Å². The Morgan fingerprint density at radius 2 is 1.90 bits per heavy atom. The quantitative estimate of drug-likeness (QED) is 0.704. The molecule has 1 aliphatic rings. The normalized spacial score (nSPS) is 14.7. The number of halogens is 1. The molecule has 0 radical (unpaired) electrons. The molecule has 3 aromatic rings. The number of nitrogens with zero attached hydrogens (tertiary/aromatic N) is 2. The zero-order valence-electron chi connectivity index (χ0n) is 16.9. The van der Waals surface area contributed by atoms with Crippen LogP contribution in [0.25, 0.3) is 10.8 Å². The van der Waals surface area contributed by atoms with E-state index in [1.54, 1.807) is 35.9 Å². The number of aryl methyl sites for hydroxylation is 1. The molecule has 156 valence electrons. The third-order valence-corrected chi connectivity index (χ3v) is 5.45. The molecule has 1 aromatic heterocycles. The van der Waals surface area contributed by atoms with Crippen LogP contribution in [0.4, 0.5) is 10.1 Å². The number of nitrogens with one attached hydrogen (secondary N) is 1. The first-order valence-corrected chi connectivity index (χ1v) is 10.0. The predicted octanol–water partition coefficient (Wildman–Crippen LogP) is 3.03. The molecule has 4 rings (SSSR count). The highest BCUT2D eigenvalue weighted by Gasteiger charge is 2.13. The van der Waals surface area contributed by atoms with Crippen LogP contribution in [-0.4, -0.2) is 48.2 Å². The van der Waals surface area contributed by atoms with E-state index < -0.39 is 0 Å². The van der Waals surface area contributed by atoms with E-state index in [-0.39, 0.29) is 17.3 Å². The van der Waals surface area contributed by atoms with Gasteiger partial charge >= 0.3 is 0 Å². The summed E-state index contributed by atoms with van der Waals surface area (Å²) in [4.78, 5) is 27.9. The van der Waals surface area contributed by atoms with Crippen molar-refractivity contribution >= 4 is 22.4 Å². The maximum Gasteiger partial charge on any atom is 0.258 e. The van der Waals surface area contributed by atoms with Crippen molar-refractivity contribution in [1.29, 1.82) is 0 Å². The first-order valence-electron chi connectivity index (χ1n) is 10.0. The van der Waals surface area contributed by atoms with Crippen LogP contribution in [0, 0.1) is 12.7 Å². The molecule has 0 atom stereocenters. The second-order valence-electron chi connectivity index (χ2n) is 7.45. The highest BCUT2D eigenvalue weighted by Crippen LogP contribution is 2.22. The summed E-state index contributed by atoms with van der Waals surface area (Å²) >= 11 is 0. The van der Waals surface area contributed by atoms with Gasteiger partial charge < -0.3 is 14.6 Å². The lowest BCUT2D eigenvalue weighted by molar-refractivity contribution is 0.0363. The van der Waals surface area contributed by atoms with Crippen LogP contribution in [0.5, 0.6) is 0 Å². The van der Waals surface area contributed by atoms with E-state index in [0.717, 1.165) is 32.8 Å². The van der Waals surface area contributed by atoms with E-state index >= 15 is 0 Å². The van der Waals surface area contributed by atoms with E-state index in [4.69, 9.17) is 4.74 Å². The molecule has 0 bridgehead atoms. The molecule has 7 heteroatoms. The van der Waals surface area contributed by atoms with Crippen LogP contribution in [-0.2, 0) is 11.3 Å². The van der Waals surface area contributed by atoms with Crippen molar-refractivity contribution in [2.75, 3.05) is 38.2 Å². The Labute approximate surface area is 173 Å². The maximum absolute atomic E-state index is 13.5. The zero-order valence-corrected chi connectivity index (χ0v) is 16.9. The zero-order chi connectivity index (χ0) is 21.1. The number of aromatic nitrogens is 1. The first-order chi connectivity index (χ1) is 14.5. The number of fused-ring (bicyclic) bond motifs is 1. The van der Waals surface area contributed by atoms with Crippen molar-refractivity contribution < 1.29 is 13.9 Å². The summed E-state index contributed by atoms with van der Waals surface area (Å²) in [6, 6.07) is 11.4. The van der Waals surface area contributed by atoms with Crippen LogP contribution in [0.3, 0.4) is 0 Å². The third-order valence-electron chi connectivity index (χ3n) is 5.45. The fourth-order valence-corrected chi connectivity index (χ4v) is 3.66. The molecule has 2 heterocycles. The molecule has 30 heavy (non-hydrogen) atoms. The predicted molar refractivity (Wildman–Crippen MR) is 115 cm³/mol. The molecule has 1 N–H and O–H groups in total. The third kappa shape index (κ3) is 4.27. The minimum atomic E-state index is -0.352. The summed E-state index contributed by atoms with van der Waals surface area (Å²) < 4.78 is 20.5. The molecular formula is C23H24FN3O3. The molecule has 1 saturated heterocycles. The number of hydrogen-bond acceptors (Lipinski definition) is 4. The van der Waals surface area contributed by atoms with Crippen LogP contribution < -0.4 is 10.9 Å². The summed E-state index contributed by atoms with van der Waals surface area (Å²) in [6.07, 6.45) is 1.77. The molecule has 1 aliphatic heterocycles. The fraction of sp³-hybridized carbons (Fsp3) is 0.304. The number of morpholine rings is 1. The van der Waals surface area contributed by atoms with Gasteiger partial charge in [0.1, 0.15) is 5.82 Å². The van der Waals surface area contributed by atoms with E-state index in [2.05, 4.69) is 10.2 Å². The van der Waals surface area contributed by atoms with Crippen molar-refractivity contribution in [1.82, 2.24) is 9.47 Å². The van der Waals surface area contributed by atoms with Crippen molar-refractivity contribution in [3.05, 3.63) is 76.0 Å². The number of ether oxygens (including phenoxy) is 1. The van der Waals surface area contributed by atoms with Crippen LogP contribution in [0.15, 0.2) is 53.5 Å². The standard InChI is InChI=1S/C23H24FN3O3/c1-16-15-17(5-6-20(16)24)22(28)25-21-4-2-3-19-18(21)7-8-27(23(19)29)10-9-26-11-13-30-14-12-26/h2-8,15H,9-14H2,1H3,(H,25,28). The smallest absolute Gasteiger partial charge is 0.258 e. The number of carbonyl (C=O) groups is 1.